The monoisotopic (exact) mass is 578 g/mol. The molecule has 2 heterocycles. The van der Waals surface area contributed by atoms with Crippen LogP contribution in [0.1, 0.15) is 70.9 Å². The third kappa shape index (κ3) is 6.80. The van der Waals surface area contributed by atoms with Gasteiger partial charge in [0, 0.05) is 35.7 Å². The quantitative estimate of drug-likeness (QED) is 0.363. The first kappa shape index (κ1) is 29.3. The molecule has 2 aromatic rings. The molecule has 10 heteroatoms. The zero-order valence-electron chi connectivity index (χ0n) is 23.8. The Morgan fingerprint density at radius 3 is 2.62 bits per heavy atom. The highest BCUT2D eigenvalue weighted by Crippen LogP contribution is 2.35. The highest BCUT2D eigenvalue weighted by Gasteiger charge is 2.33. The van der Waals surface area contributed by atoms with Gasteiger partial charge < -0.3 is 10.1 Å². The summed E-state index contributed by atoms with van der Waals surface area (Å²) >= 11 is 0. The molecule has 5 rings (SSSR count). The highest BCUT2D eigenvalue weighted by atomic mass is 19.4. The summed E-state index contributed by atoms with van der Waals surface area (Å²) in [7, 11) is 1.50. The van der Waals surface area contributed by atoms with Crippen LogP contribution in [0.3, 0.4) is 0 Å². The van der Waals surface area contributed by atoms with Crippen molar-refractivity contribution in [3.63, 3.8) is 0 Å². The Bertz CT molecular complexity index is 1520. The Kier molecular flexibility index (Phi) is 8.34. The molecule has 1 atom stereocenters. The summed E-state index contributed by atoms with van der Waals surface area (Å²) in [5.41, 5.74) is 4.23. The van der Waals surface area contributed by atoms with Gasteiger partial charge >= 0.3 is 6.18 Å². The van der Waals surface area contributed by atoms with Crippen LogP contribution < -0.4 is 10.1 Å². The molecule has 42 heavy (non-hydrogen) atoms. The number of ketones is 1. The van der Waals surface area contributed by atoms with E-state index in [1.165, 1.54) is 7.11 Å². The van der Waals surface area contributed by atoms with Crippen LogP contribution in [0.2, 0.25) is 0 Å². The van der Waals surface area contributed by atoms with E-state index in [1.807, 2.05) is 38.1 Å². The van der Waals surface area contributed by atoms with Crippen LogP contribution in [-0.4, -0.2) is 54.0 Å². The predicted molar refractivity (Wildman–Crippen MR) is 156 cm³/mol. The van der Waals surface area contributed by atoms with Gasteiger partial charge in [0.15, 0.2) is 0 Å². The normalized spacial score (nSPS) is 19.8. The summed E-state index contributed by atoms with van der Waals surface area (Å²) in [6.07, 6.45) is 1.11. The van der Waals surface area contributed by atoms with Gasteiger partial charge in [-0.15, -0.1) is 0 Å². The molecule has 1 N–H and O–H groups in total. The number of nitrogens with one attached hydrogen (secondary N) is 1. The summed E-state index contributed by atoms with van der Waals surface area (Å²) in [5, 5.41) is 9.40. The third-order valence-electron chi connectivity index (χ3n) is 7.40. The number of amides is 1. The van der Waals surface area contributed by atoms with E-state index in [4.69, 9.17) is 9.84 Å². The SMILES string of the molecule is COc1cccc(C(=O)C2=NN3C(=CCC(C)C=C3c3ccc(C(=O)NC4CC4)c(C)c3)C(=NCCC(F)(F)F)C2)c1. The van der Waals surface area contributed by atoms with E-state index in [0.29, 0.717) is 40.4 Å². The lowest BCUT2D eigenvalue weighted by atomic mass is 9.98. The van der Waals surface area contributed by atoms with E-state index in [1.54, 1.807) is 35.3 Å². The number of aliphatic imine (C=N–C) groups is 1. The molecule has 2 aliphatic heterocycles. The Hall–Kier alpha value is -4.21. The number of aryl methyl sites for hydroxylation is 1. The van der Waals surface area contributed by atoms with Crippen LogP contribution in [0, 0.1) is 12.8 Å². The van der Waals surface area contributed by atoms with Gasteiger partial charge in [0.1, 0.15) is 11.5 Å². The average molecular weight is 579 g/mol. The Morgan fingerprint density at radius 2 is 1.93 bits per heavy atom. The maximum absolute atomic E-state index is 13.6. The van der Waals surface area contributed by atoms with Crippen LogP contribution in [-0.2, 0) is 0 Å². The van der Waals surface area contributed by atoms with Crippen molar-refractivity contribution in [2.45, 2.75) is 58.2 Å². The van der Waals surface area contributed by atoms with Crippen LogP contribution in [0.4, 0.5) is 13.2 Å². The second-order valence-electron chi connectivity index (χ2n) is 10.9. The number of allylic oxidation sites excluding steroid dienone is 3. The summed E-state index contributed by atoms with van der Waals surface area (Å²) < 4.78 is 44.3. The fourth-order valence-electron chi connectivity index (χ4n) is 4.97. The minimum Gasteiger partial charge on any atom is -0.497 e. The lowest BCUT2D eigenvalue weighted by Crippen LogP contribution is -2.34. The molecule has 1 amide bonds. The van der Waals surface area contributed by atoms with E-state index in [2.05, 4.69) is 10.3 Å². The smallest absolute Gasteiger partial charge is 0.390 e. The van der Waals surface area contributed by atoms with Gasteiger partial charge in [-0.05, 0) is 61.9 Å². The first-order valence-electron chi connectivity index (χ1n) is 14.0. The Balaban J connectivity index is 1.56. The molecule has 0 aromatic heterocycles. The van der Waals surface area contributed by atoms with Gasteiger partial charge in [-0.25, -0.2) is 5.01 Å². The molecule has 0 saturated heterocycles. The molecular formula is C32H33F3N4O3. The van der Waals surface area contributed by atoms with Crippen molar-refractivity contribution >= 4 is 28.8 Å². The molecule has 1 fully saturated rings. The van der Waals surface area contributed by atoms with Gasteiger partial charge in [-0.1, -0.05) is 37.3 Å². The number of methoxy groups -OCH3 is 1. The van der Waals surface area contributed by atoms with Gasteiger partial charge in [-0.2, -0.15) is 18.3 Å². The zero-order chi connectivity index (χ0) is 30.0. The van der Waals surface area contributed by atoms with Gasteiger partial charge in [-0.3, -0.25) is 14.6 Å². The molecule has 0 radical (unpaired) electrons. The number of carbonyl (C=O) groups excluding carboxylic acids is 2. The molecule has 220 valence electrons. The van der Waals surface area contributed by atoms with E-state index < -0.39 is 19.1 Å². The number of Topliss-reactive ketones (excluding diaryl/α,β-unsaturated/α-hetero) is 1. The lowest BCUT2D eigenvalue weighted by molar-refractivity contribution is -0.132. The number of hydrogen-bond acceptors (Lipinski definition) is 6. The van der Waals surface area contributed by atoms with Crippen LogP contribution in [0.15, 0.2) is 70.4 Å². The molecular weight excluding hydrogens is 545 g/mol. The molecule has 0 spiro atoms. The average Bonchev–Trinajstić information content (AvgIpc) is 3.79. The minimum atomic E-state index is -4.35. The lowest BCUT2D eigenvalue weighted by Gasteiger charge is -2.31. The Morgan fingerprint density at radius 1 is 1.14 bits per heavy atom. The third-order valence-corrected chi connectivity index (χ3v) is 7.40. The number of ether oxygens (including phenoxy) is 1. The number of hydrogen-bond donors (Lipinski definition) is 1. The molecule has 3 aliphatic rings. The standard InChI is InChI=1S/C32H33F3N4O3/c1-19-7-12-28-26(36-14-13-32(33,34)35)18-27(30(40)22-5-4-6-24(17-22)42-3)38-39(28)29(15-19)21-8-11-25(20(2)16-21)31(41)37-23-9-10-23/h4-6,8,11-12,15-17,19,23H,7,9-10,13-14,18H2,1-3H3,(H,37,41). The van der Waals surface area contributed by atoms with Crippen LogP contribution >= 0.6 is 0 Å². The van der Waals surface area contributed by atoms with Crippen molar-refractivity contribution in [2.75, 3.05) is 13.7 Å². The summed E-state index contributed by atoms with van der Waals surface area (Å²) in [4.78, 5) is 30.7. The van der Waals surface area contributed by atoms with Crippen molar-refractivity contribution in [3.8, 4) is 5.75 Å². The van der Waals surface area contributed by atoms with Crippen molar-refractivity contribution in [2.24, 2.45) is 16.0 Å². The number of halogens is 3. The van der Waals surface area contributed by atoms with Crippen molar-refractivity contribution in [3.05, 3.63) is 82.6 Å². The van der Waals surface area contributed by atoms with E-state index in [9.17, 15) is 22.8 Å². The maximum Gasteiger partial charge on any atom is 0.390 e. The summed E-state index contributed by atoms with van der Waals surface area (Å²) in [5.74, 6) is 0.0887. The first-order chi connectivity index (χ1) is 20.0. The van der Waals surface area contributed by atoms with Crippen molar-refractivity contribution in [1.29, 1.82) is 0 Å². The van der Waals surface area contributed by atoms with E-state index in [-0.39, 0.29) is 35.8 Å². The molecule has 1 aliphatic carbocycles. The number of benzene rings is 2. The molecule has 0 bridgehead atoms. The van der Waals surface area contributed by atoms with Crippen molar-refractivity contribution < 1.29 is 27.5 Å². The van der Waals surface area contributed by atoms with Crippen molar-refractivity contribution in [1.82, 2.24) is 10.3 Å². The number of nitrogens with zero attached hydrogens (tertiary/aromatic N) is 3. The largest absolute Gasteiger partial charge is 0.497 e. The molecule has 1 saturated carbocycles. The zero-order valence-corrected chi connectivity index (χ0v) is 23.8. The number of carbonyl (C=O) groups is 2. The Labute approximate surface area is 242 Å². The second kappa shape index (κ2) is 12.0. The first-order valence-corrected chi connectivity index (χ1v) is 14.0. The molecule has 1 unspecified atom stereocenters. The van der Waals surface area contributed by atoms with Gasteiger partial charge in [0.2, 0.25) is 5.78 Å². The highest BCUT2D eigenvalue weighted by molar-refractivity contribution is 6.49. The number of fused-ring (bicyclic) bond motifs is 1. The van der Waals surface area contributed by atoms with Crippen LogP contribution in [0.5, 0.6) is 5.75 Å². The summed E-state index contributed by atoms with van der Waals surface area (Å²) in [6, 6.07) is 12.4. The van der Waals surface area contributed by atoms with Gasteiger partial charge in [0.25, 0.3) is 5.91 Å². The maximum atomic E-state index is 13.6. The van der Waals surface area contributed by atoms with Gasteiger partial charge in [0.05, 0.1) is 30.6 Å². The second-order valence-corrected chi connectivity index (χ2v) is 10.9. The topological polar surface area (TPSA) is 83.4 Å². The van der Waals surface area contributed by atoms with Crippen LogP contribution in [0.25, 0.3) is 5.70 Å². The van der Waals surface area contributed by atoms with E-state index >= 15 is 0 Å². The number of hydrazone groups is 1. The summed E-state index contributed by atoms with van der Waals surface area (Å²) in [6.45, 7) is 3.44. The number of rotatable bonds is 8. The minimum absolute atomic E-state index is 0.00278. The fourth-order valence-corrected chi connectivity index (χ4v) is 4.97. The number of alkyl halides is 3. The predicted octanol–water partition coefficient (Wildman–Crippen LogP) is 6.50. The molecule has 2 aromatic carbocycles. The fraction of sp³-hybridized carbons (Fsp3) is 0.375. The molecule has 7 nitrogen and oxygen atoms in total. The van der Waals surface area contributed by atoms with E-state index in [0.717, 1.165) is 24.0 Å².